The highest BCUT2D eigenvalue weighted by molar-refractivity contribution is 5.93. The van der Waals surface area contributed by atoms with Crippen molar-refractivity contribution < 1.29 is 13.9 Å². The zero-order valence-corrected chi connectivity index (χ0v) is 8.66. The van der Waals surface area contributed by atoms with Gasteiger partial charge in [0.2, 0.25) is 5.95 Å². The van der Waals surface area contributed by atoms with Crippen LogP contribution in [-0.4, -0.2) is 30.6 Å². The first-order chi connectivity index (χ1) is 7.13. The smallest absolute Gasteiger partial charge is 0.251 e. The van der Waals surface area contributed by atoms with E-state index in [9.17, 15) is 9.18 Å². The molecular weight excluding hydrogens is 199 g/mol. The molecular formula is C10H13FN2O2. The van der Waals surface area contributed by atoms with Crippen molar-refractivity contribution in [2.24, 2.45) is 0 Å². The van der Waals surface area contributed by atoms with Gasteiger partial charge in [-0.1, -0.05) is 0 Å². The molecule has 82 valence electrons. The Hall–Kier alpha value is -1.49. The van der Waals surface area contributed by atoms with Crippen molar-refractivity contribution in [2.75, 3.05) is 13.7 Å². The molecule has 1 N–H and O–H groups in total. The fraction of sp³-hybridized carbons (Fsp3) is 0.400. The lowest BCUT2D eigenvalue weighted by Crippen LogP contribution is -2.31. The molecule has 1 heterocycles. The quantitative estimate of drug-likeness (QED) is 0.757. The van der Waals surface area contributed by atoms with Gasteiger partial charge in [-0.3, -0.25) is 4.79 Å². The molecule has 1 amide bonds. The summed E-state index contributed by atoms with van der Waals surface area (Å²) in [5.74, 6) is -0.998. The van der Waals surface area contributed by atoms with Crippen LogP contribution in [0.4, 0.5) is 4.39 Å². The van der Waals surface area contributed by atoms with Gasteiger partial charge in [0.1, 0.15) is 0 Å². The van der Waals surface area contributed by atoms with E-state index in [1.54, 1.807) is 7.11 Å². The Labute approximate surface area is 87.5 Å². The van der Waals surface area contributed by atoms with Crippen LogP contribution < -0.4 is 5.32 Å². The van der Waals surface area contributed by atoms with Gasteiger partial charge in [-0.2, -0.15) is 4.39 Å². The molecule has 5 heteroatoms. The highest BCUT2D eigenvalue weighted by atomic mass is 19.1. The third-order valence-corrected chi connectivity index (χ3v) is 1.94. The molecule has 0 spiro atoms. The van der Waals surface area contributed by atoms with Gasteiger partial charge in [0.25, 0.3) is 5.91 Å². The first kappa shape index (κ1) is 11.6. The van der Waals surface area contributed by atoms with Gasteiger partial charge in [-0.25, -0.2) is 4.98 Å². The number of hydrogen-bond acceptors (Lipinski definition) is 3. The highest BCUT2D eigenvalue weighted by Gasteiger charge is 2.07. The van der Waals surface area contributed by atoms with Gasteiger partial charge in [-0.15, -0.1) is 0 Å². The van der Waals surface area contributed by atoms with E-state index in [0.717, 1.165) is 6.07 Å². The number of carbonyl (C=O) groups excluding carboxylic acids is 1. The van der Waals surface area contributed by atoms with Gasteiger partial charge in [0.05, 0.1) is 6.10 Å². The summed E-state index contributed by atoms with van der Waals surface area (Å²) >= 11 is 0. The number of nitrogens with one attached hydrogen (secondary N) is 1. The summed E-state index contributed by atoms with van der Waals surface area (Å²) in [4.78, 5) is 14.8. The second-order valence-corrected chi connectivity index (χ2v) is 3.12. The molecule has 0 aliphatic heterocycles. The maximum atomic E-state index is 12.7. The third kappa shape index (κ3) is 3.63. The lowest BCUT2D eigenvalue weighted by atomic mass is 10.2. The SMILES string of the molecule is COC(C)CNC(=O)c1ccnc(F)c1. The Balaban J connectivity index is 2.54. The van der Waals surface area contributed by atoms with E-state index < -0.39 is 5.95 Å². The Bertz CT molecular complexity index is 344. The van der Waals surface area contributed by atoms with Crippen molar-refractivity contribution in [3.8, 4) is 0 Å². The first-order valence-corrected chi connectivity index (χ1v) is 4.56. The topological polar surface area (TPSA) is 51.2 Å². The van der Waals surface area contributed by atoms with Crippen molar-refractivity contribution >= 4 is 5.91 Å². The lowest BCUT2D eigenvalue weighted by molar-refractivity contribution is 0.0870. The number of rotatable bonds is 4. The molecule has 0 aliphatic rings. The fourth-order valence-electron chi connectivity index (χ4n) is 0.966. The van der Waals surface area contributed by atoms with Crippen molar-refractivity contribution in [3.05, 3.63) is 29.8 Å². The highest BCUT2D eigenvalue weighted by Crippen LogP contribution is 2.00. The van der Waals surface area contributed by atoms with E-state index in [0.29, 0.717) is 6.54 Å². The van der Waals surface area contributed by atoms with Gasteiger partial charge < -0.3 is 10.1 Å². The molecule has 0 fully saturated rings. The largest absolute Gasteiger partial charge is 0.380 e. The van der Waals surface area contributed by atoms with E-state index in [-0.39, 0.29) is 17.6 Å². The van der Waals surface area contributed by atoms with Gasteiger partial charge in [0.15, 0.2) is 0 Å². The second kappa shape index (κ2) is 5.41. The molecule has 1 unspecified atom stereocenters. The van der Waals surface area contributed by atoms with E-state index in [2.05, 4.69) is 10.3 Å². The number of methoxy groups -OCH3 is 1. The van der Waals surface area contributed by atoms with Crippen molar-refractivity contribution in [1.29, 1.82) is 0 Å². The molecule has 1 atom stereocenters. The molecule has 1 aromatic rings. The third-order valence-electron chi connectivity index (χ3n) is 1.94. The number of amides is 1. The van der Waals surface area contributed by atoms with Crippen molar-refractivity contribution in [3.63, 3.8) is 0 Å². The van der Waals surface area contributed by atoms with Crippen LogP contribution in [0, 0.1) is 5.95 Å². The zero-order valence-electron chi connectivity index (χ0n) is 8.66. The summed E-state index contributed by atoms with van der Waals surface area (Å²) in [5, 5.41) is 2.62. The summed E-state index contributed by atoms with van der Waals surface area (Å²) in [6, 6.07) is 2.54. The zero-order chi connectivity index (χ0) is 11.3. The number of hydrogen-bond donors (Lipinski definition) is 1. The molecule has 0 aliphatic carbocycles. The predicted molar refractivity (Wildman–Crippen MR) is 53.0 cm³/mol. The van der Waals surface area contributed by atoms with Crippen LogP contribution in [0.2, 0.25) is 0 Å². The minimum Gasteiger partial charge on any atom is -0.380 e. The van der Waals surface area contributed by atoms with Crippen molar-refractivity contribution in [2.45, 2.75) is 13.0 Å². The van der Waals surface area contributed by atoms with Crippen LogP contribution in [0.15, 0.2) is 18.3 Å². The number of halogens is 1. The summed E-state index contributed by atoms with van der Waals surface area (Å²) in [5.41, 5.74) is 0.255. The number of ether oxygens (including phenoxy) is 1. The number of carbonyl (C=O) groups is 1. The second-order valence-electron chi connectivity index (χ2n) is 3.12. The maximum absolute atomic E-state index is 12.7. The van der Waals surface area contributed by atoms with Crippen LogP contribution in [0.3, 0.4) is 0 Å². The maximum Gasteiger partial charge on any atom is 0.251 e. The van der Waals surface area contributed by atoms with Crippen LogP contribution in [0.5, 0.6) is 0 Å². The standard InChI is InChI=1S/C10H13FN2O2/c1-7(15-2)6-13-10(14)8-3-4-12-9(11)5-8/h3-5,7H,6H2,1-2H3,(H,13,14). The minimum atomic E-state index is -0.664. The lowest BCUT2D eigenvalue weighted by Gasteiger charge is -2.10. The molecule has 0 aromatic carbocycles. The summed E-state index contributed by atoms with van der Waals surface area (Å²) < 4.78 is 17.6. The van der Waals surface area contributed by atoms with Gasteiger partial charge >= 0.3 is 0 Å². The molecule has 0 saturated heterocycles. The van der Waals surface area contributed by atoms with Gasteiger partial charge in [0, 0.05) is 31.5 Å². The Kier molecular flexibility index (Phi) is 4.17. The Morgan fingerprint density at radius 2 is 2.47 bits per heavy atom. The average Bonchev–Trinajstić information content (AvgIpc) is 2.25. The van der Waals surface area contributed by atoms with Gasteiger partial charge in [-0.05, 0) is 13.0 Å². The molecule has 1 aromatic heterocycles. The first-order valence-electron chi connectivity index (χ1n) is 4.56. The molecule has 1 rings (SSSR count). The van der Waals surface area contributed by atoms with Crippen molar-refractivity contribution in [1.82, 2.24) is 10.3 Å². The predicted octanol–water partition coefficient (Wildman–Crippen LogP) is 0.985. The van der Waals surface area contributed by atoms with E-state index >= 15 is 0 Å². The summed E-state index contributed by atoms with van der Waals surface area (Å²) in [6.07, 6.45) is 1.19. The molecule has 15 heavy (non-hydrogen) atoms. The van der Waals surface area contributed by atoms with Crippen LogP contribution >= 0.6 is 0 Å². The normalized spacial score (nSPS) is 12.2. The molecule has 0 radical (unpaired) electrons. The summed E-state index contributed by atoms with van der Waals surface area (Å²) in [7, 11) is 1.56. The molecule has 0 bridgehead atoms. The van der Waals surface area contributed by atoms with E-state index in [1.165, 1.54) is 12.3 Å². The number of pyridine rings is 1. The van der Waals surface area contributed by atoms with Crippen LogP contribution in [0.25, 0.3) is 0 Å². The summed E-state index contributed by atoms with van der Waals surface area (Å²) in [6.45, 7) is 2.21. The molecule has 4 nitrogen and oxygen atoms in total. The fourth-order valence-corrected chi connectivity index (χ4v) is 0.966. The van der Waals surface area contributed by atoms with E-state index in [1.807, 2.05) is 6.92 Å². The minimum absolute atomic E-state index is 0.0689. The van der Waals surface area contributed by atoms with Crippen LogP contribution in [0.1, 0.15) is 17.3 Å². The average molecular weight is 212 g/mol. The molecule has 0 saturated carbocycles. The number of nitrogens with zero attached hydrogens (tertiary/aromatic N) is 1. The Morgan fingerprint density at radius 3 is 3.07 bits per heavy atom. The van der Waals surface area contributed by atoms with Crippen LogP contribution in [-0.2, 0) is 4.74 Å². The number of aromatic nitrogens is 1. The Morgan fingerprint density at radius 1 is 1.73 bits per heavy atom. The monoisotopic (exact) mass is 212 g/mol. The van der Waals surface area contributed by atoms with E-state index in [4.69, 9.17) is 4.74 Å².